The highest BCUT2D eigenvalue weighted by Gasteiger charge is 2.70. The Kier molecular flexibility index (Phi) is 4.19. The highest BCUT2D eigenvalue weighted by atomic mass is 19.4. The molecule has 6 nitrogen and oxygen atoms in total. The lowest BCUT2D eigenvalue weighted by Gasteiger charge is -2.29. The highest BCUT2D eigenvalue weighted by molar-refractivity contribution is 6.23. The first kappa shape index (κ1) is 20.3. The number of nitrogens with zero attached hydrogens (tertiary/aromatic N) is 2. The normalized spacial score (nSPS) is 32.0. The quantitative estimate of drug-likeness (QED) is 0.658. The molecule has 4 aliphatic rings. The zero-order chi connectivity index (χ0) is 23.1. The monoisotopic (exact) mass is 456 g/mol. The maximum atomic E-state index is 13.4. The molecule has 2 aromatic carbocycles. The minimum atomic E-state index is -4.56. The Morgan fingerprint density at radius 2 is 1.70 bits per heavy atom. The van der Waals surface area contributed by atoms with Crippen LogP contribution in [0.2, 0.25) is 0 Å². The number of alkyl halides is 3. The van der Waals surface area contributed by atoms with E-state index in [0.717, 1.165) is 28.3 Å². The summed E-state index contributed by atoms with van der Waals surface area (Å²) >= 11 is 0. The number of carbonyl (C=O) groups is 2. The fourth-order valence-corrected chi connectivity index (χ4v) is 6.20. The number of benzene rings is 2. The van der Waals surface area contributed by atoms with Gasteiger partial charge in [-0.2, -0.15) is 13.2 Å². The van der Waals surface area contributed by atoms with Crippen LogP contribution in [0.15, 0.2) is 53.7 Å². The summed E-state index contributed by atoms with van der Waals surface area (Å²) in [6.07, 6.45) is -4.22. The predicted octanol–water partition coefficient (Wildman–Crippen LogP) is 3.89. The molecule has 6 rings (SSSR count). The molecule has 3 fully saturated rings. The third-order valence-corrected chi connectivity index (χ3v) is 7.51. The van der Waals surface area contributed by atoms with Gasteiger partial charge >= 0.3 is 6.18 Å². The Hall–Kier alpha value is -3.36. The molecule has 2 aliphatic carbocycles. The second-order valence-electron chi connectivity index (χ2n) is 8.98. The van der Waals surface area contributed by atoms with Gasteiger partial charge in [-0.05, 0) is 54.8 Å². The number of amides is 2. The van der Waals surface area contributed by atoms with Gasteiger partial charge < -0.3 is 9.57 Å². The molecule has 6 atom stereocenters. The van der Waals surface area contributed by atoms with Gasteiger partial charge in [-0.25, -0.2) is 0 Å². The first-order chi connectivity index (χ1) is 15.8. The van der Waals surface area contributed by atoms with Gasteiger partial charge in [-0.15, -0.1) is 0 Å². The van der Waals surface area contributed by atoms with Crippen LogP contribution in [-0.2, 0) is 20.6 Å². The molecular formula is C24H19F3N2O4. The van der Waals surface area contributed by atoms with Crippen molar-refractivity contribution in [1.82, 2.24) is 0 Å². The summed E-state index contributed by atoms with van der Waals surface area (Å²) < 4.78 is 44.8. The Balaban J connectivity index is 1.32. The average Bonchev–Trinajstić information content (AvgIpc) is 3.53. The number of carbonyl (C=O) groups excluding carboxylic acids is 2. The summed E-state index contributed by atoms with van der Waals surface area (Å²) in [5, 5.41) is 4.29. The molecular weight excluding hydrogens is 437 g/mol. The van der Waals surface area contributed by atoms with Gasteiger partial charge in [0.1, 0.15) is 11.9 Å². The van der Waals surface area contributed by atoms with E-state index in [4.69, 9.17) is 9.57 Å². The molecule has 1 saturated heterocycles. The average molecular weight is 456 g/mol. The van der Waals surface area contributed by atoms with Gasteiger partial charge in [0.25, 0.3) is 0 Å². The molecule has 0 spiro atoms. The molecule has 2 amide bonds. The van der Waals surface area contributed by atoms with Crippen molar-refractivity contribution in [3.8, 4) is 5.75 Å². The lowest BCUT2D eigenvalue weighted by molar-refractivity contribution is -0.137. The van der Waals surface area contributed by atoms with Crippen molar-refractivity contribution < 1.29 is 32.3 Å². The Morgan fingerprint density at radius 1 is 1.00 bits per heavy atom. The van der Waals surface area contributed by atoms with Gasteiger partial charge in [0.05, 0.1) is 35.9 Å². The van der Waals surface area contributed by atoms with Crippen molar-refractivity contribution in [2.45, 2.75) is 18.7 Å². The van der Waals surface area contributed by atoms with Crippen molar-refractivity contribution >= 4 is 23.2 Å². The third-order valence-electron chi connectivity index (χ3n) is 7.51. The van der Waals surface area contributed by atoms with E-state index in [1.54, 1.807) is 7.11 Å². The number of hydrogen-bond donors (Lipinski definition) is 0. The van der Waals surface area contributed by atoms with Crippen LogP contribution in [0.4, 0.5) is 18.9 Å². The van der Waals surface area contributed by atoms with Crippen molar-refractivity contribution in [1.29, 1.82) is 0 Å². The van der Waals surface area contributed by atoms with E-state index in [0.29, 0.717) is 12.2 Å². The van der Waals surface area contributed by atoms with Crippen molar-refractivity contribution in [2.75, 3.05) is 12.0 Å². The number of rotatable bonds is 3. The van der Waals surface area contributed by atoms with E-state index in [9.17, 15) is 22.8 Å². The summed E-state index contributed by atoms with van der Waals surface area (Å²) in [5.41, 5.74) is 0.670. The SMILES string of the molecule is COc1ccc(C2=NO[C@@H]3[C@H]4C[C@H]([C@H]5C(=O)N(c6cccc(C(F)(F)F)c6)C(=O)[C@@H]45)[C@H]23)cc1. The zero-order valence-electron chi connectivity index (χ0n) is 17.5. The predicted molar refractivity (Wildman–Crippen MR) is 110 cm³/mol. The fourth-order valence-electron chi connectivity index (χ4n) is 6.20. The maximum Gasteiger partial charge on any atom is 0.416 e. The summed E-state index contributed by atoms with van der Waals surface area (Å²) in [6.45, 7) is 0. The first-order valence-corrected chi connectivity index (χ1v) is 10.7. The number of oxime groups is 1. The van der Waals surface area contributed by atoms with Gasteiger partial charge in [-0.3, -0.25) is 14.5 Å². The lowest BCUT2D eigenvalue weighted by atomic mass is 9.71. The molecule has 2 bridgehead atoms. The summed E-state index contributed by atoms with van der Waals surface area (Å²) in [4.78, 5) is 33.4. The standard InChI is InChI=1S/C24H19F3N2O4/c1-32-14-7-5-11(6-8-14)20-19-15-10-16(21(19)33-28-20)18-17(15)22(30)29(23(18)31)13-4-2-3-12(9-13)24(25,26)27/h2-9,15-19,21H,10H2,1H3/t15-,16+,17-,18+,19-,21-/m1/s1. The molecule has 33 heavy (non-hydrogen) atoms. The van der Waals surface area contributed by atoms with Crippen molar-refractivity contribution in [3.05, 3.63) is 59.7 Å². The zero-order valence-corrected chi connectivity index (χ0v) is 17.5. The molecule has 0 N–H and O–H groups in total. The van der Waals surface area contributed by atoms with E-state index < -0.39 is 35.4 Å². The number of anilines is 1. The molecule has 170 valence electrons. The second-order valence-corrected chi connectivity index (χ2v) is 8.98. The van der Waals surface area contributed by atoms with Gasteiger partial charge in [0, 0.05) is 17.4 Å². The molecule has 0 aromatic heterocycles. The minimum Gasteiger partial charge on any atom is -0.497 e. The van der Waals surface area contributed by atoms with Gasteiger partial charge in [0.15, 0.2) is 0 Å². The molecule has 0 unspecified atom stereocenters. The molecule has 2 aliphatic heterocycles. The number of fused-ring (bicyclic) bond motifs is 8. The maximum absolute atomic E-state index is 13.4. The molecule has 0 radical (unpaired) electrons. The van der Waals surface area contributed by atoms with Crippen LogP contribution < -0.4 is 9.64 Å². The van der Waals surface area contributed by atoms with E-state index in [1.165, 1.54) is 12.1 Å². The fraction of sp³-hybridized carbons (Fsp3) is 0.375. The number of hydrogen-bond acceptors (Lipinski definition) is 5. The van der Waals surface area contributed by atoms with Crippen LogP contribution >= 0.6 is 0 Å². The largest absolute Gasteiger partial charge is 0.497 e. The second kappa shape index (κ2) is 6.82. The van der Waals surface area contributed by atoms with Crippen molar-refractivity contribution in [3.63, 3.8) is 0 Å². The van der Waals surface area contributed by atoms with Crippen LogP contribution in [0.3, 0.4) is 0 Å². The third kappa shape index (κ3) is 2.77. The summed E-state index contributed by atoms with van der Waals surface area (Å²) in [6, 6.07) is 11.8. The summed E-state index contributed by atoms with van der Waals surface area (Å²) in [7, 11) is 1.58. The van der Waals surface area contributed by atoms with Crippen LogP contribution in [0, 0.1) is 29.6 Å². The topological polar surface area (TPSA) is 68.2 Å². The smallest absolute Gasteiger partial charge is 0.416 e. The highest BCUT2D eigenvalue weighted by Crippen LogP contribution is 2.62. The van der Waals surface area contributed by atoms with Crippen LogP contribution in [0.25, 0.3) is 0 Å². The Morgan fingerprint density at radius 3 is 2.36 bits per heavy atom. The van der Waals surface area contributed by atoms with Crippen LogP contribution in [0.1, 0.15) is 17.5 Å². The molecule has 2 saturated carbocycles. The summed E-state index contributed by atoms with van der Waals surface area (Å²) in [5.74, 6) is -1.84. The first-order valence-electron chi connectivity index (χ1n) is 10.7. The Labute approximate surface area is 187 Å². The van der Waals surface area contributed by atoms with E-state index in [2.05, 4.69) is 5.16 Å². The lowest BCUT2D eigenvalue weighted by Crippen LogP contribution is -2.41. The number of ether oxygens (including phenoxy) is 1. The van der Waals surface area contributed by atoms with E-state index in [-0.39, 0.29) is 29.5 Å². The number of halogens is 3. The molecule has 2 aromatic rings. The van der Waals surface area contributed by atoms with Gasteiger partial charge in [0.2, 0.25) is 11.8 Å². The molecule has 9 heteroatoms. The van der Waals surface area contributed by atoms with E-state index in [1.807, 2.05) is 24.3 Å². The van der Waals surface area contributed by atoms with Crippen LogP contribution in [-0.4, -0.2) is 30.7 Å². The number of imide groups is 1. The van der Waals surface area contributed by atoms with Crippen molar-refractivity contribution in [2.24, 2.45) is 34.7 Å². The Bertz CT molecular complexity index is 1190. The van der Waals surface area contributed by atoms with E-state index >= 15 is 0 Å². The molecule has 2 heterocycles. The number of methoxy groups -OCH3 is 1. The minimum absolute atomic E-state index is 0.0382. The van der Waals surface area contributed by atoms with Gasteiger partial charge in [-0.1, -0.05) is 11.2 Å². The van der Waals surface area contributed by atoms with Crippen LogP contribution in [0.5, 0.6) is 5.75 Å².